The number of halogens is 1. The van der Waals surface area contributed by atoms with Crippen LogP contribution in [0.2, 0.25) is 0 Å². The standard InChI is InChI=1S/C15H16BrN3O3S/c1-10-6-7-18-9-14(10)19-15(20)5-2-11-8-12(23(17,21)22)3-4-13(11)16/h3-4,6-9H,2,5H2,1H3,(H,19,20)(H2,17,21,22). The lowest BCUT2D eigenvalue weighted by Crippen LogP contribution is -2.14. The lowest BCUT2D eigenvalue weighted by Gasteiger charge is -2.09. The van der Waals surface area contributed by atoms with Gasteiger partial charge in [-0.25, -0.2) is 13.6 Å². The molecule has 3 N–H and O–H groups in total. The van der Waals surface area contributed by atoms with Gasteiger partial charge in [0.2, 0.25) is 15.9 Å². The highest BCUT2D eigenvalue weighted by Crippen LogP contribution is 2.22. The van der Waals surface area contributed by atoms with Gasteiger partial charge in [0.1, 0.15) is 0 Å². The summed E-state index contributed by atoms with van der Waals surface area (Å²) in [6, 6.07) is 6.31. The second-order valence-electron chi connectivity index (χ2n) is 5.04. The van der Waals surface area contributed by atoms with E-state index in [-0.39, 0.29) is 17.2 Å². The van der Waals surface area contributed by atoms with Crippen molar-refractivity contribution in [1.29, 1.82) is 0 Å². The van der Waals surface area contributed by atoms with E-state index in [0.717, 1.165) is 10.0 Å². The number of hydrogen-bond acceptors (Lipinski definition) is 4. The molecule has 6 nitrogen and oxygen atoms in total. The molecule has 0 aliphatic heterocycles. The van der Waals surface area contributed by atoms with Gasteiger partial charge in [0.15, 0.2) is 0 Å². The molecule has 122 valence electrons. The van der Waals surface area contributed by atoms with E-state index in [4.69, 9.17) is 5.14 Å². The van der Waals surface area contributed by atoms with Crippen LogP contribution < -0.4 is 10.5 Å². The number of carbonyl (C=O) groups excluding carboxylic acids is 1. The van der Waals surface area contributed by atoms with E-state index in [1.165, 1.54) is 12.1 Å². The van der Waals surface area contributed by atoms with Crippen molar-refractivity contribution in [2.24, 2.45) is 5.14 Å². The summed E-state index contributed by atoms with van der Waals surface area (Å²) in [5.41, 5.74) is 2.29. The van der Waals surface area contributed by atoms with Crippen molar-refractivity contribution in [3.05, 3.63) is 52.3 Å². The highest BCUT2D eigenvalue weighted by Gasteiger charge is 2.12. The first-order valence-electron chi connectivity index (χ1n) is 6.79. The minimum Gasteiger partial charge on any atom is -0.325 e. The average Bonchev–Trinajstić information content (AvgIpc) is 2.47. The molecule has 0 unspecified atom stereocenters. The van der Waals surface area contributed by atoms with Crippen LogP contribution in [0.4, 0.5) is 5.69 Å². The Hall–Kier alpha value is -1.77. The second-order valence-corrected chi connectivity index (χ2v) is 7.45. The van der Waals surface area contributed by atoms with Crippen LogP contribution in [0.3, 0.4) is 0 Å². The Morgan fingerprint density at radius 2 is 2.09 bits per heavy atom. The number of sulfonamides is 1. The summed E-state index contributed by atoms with van der Waals surface area (Å²) in [5, 5.41) is 7.91. The molecule has 2 rings (SSSR count). The summed E-state index contributed by atoms with van der Waals surface area (Å²) in [6.07, 6.45) is 3.84. The number of nitrogens with zero attached hydrogens (tertiary/aromatic N) is 1. The fourth-order valence-electron chi connectivity index (χ4n) is 1.98. The number of carbonyl (C=O) groups is 1. The van der Waals surface area contributed by atoms with Gasteiger partial charge in [0.25, 0.3) is 0 Å². The van der Waals surface area contributed by atoms with Crippen LogP contribution in [0.1, 0.15) is 17.5 Å². The monoisotopic (exact) mass is 397 g/mol. The fourth-order valence-corrected chi connectivity index (χ4v) is 2.98. The highest BCUT2D eigenvalue weighted by atomic mass is 79.9. The minimum absolute atomic E-state index is 0.0270. The Labute approximate surface area is 143 Å². The van der Waals surface area contributed by atoms with E-state index in [9.17, 15) is 13.2 Å². The van der Waals surface area contributed by atoms with Crippen molar-refractivity contribution >= 4 is 37.5 Å². The molecule has 0 aliphatic carbocycles. The zero-order valence-electron chi connectivity index (χ0n) is 12.4. The van der Waals surface area contributed by atoms with E-state index in [2.05, 4.69) is 26.2 Å². The summed E-state index contributed by atoms with van der Waals surface area (Å²) in [4.78, 5) is 16.0. The van der Waals surface area contributed by atoms with Gasteiger partial charge in [-0.2, -0.15) is 0 Å². The highest BCUT2D eigenvalue weighted by molar-refractivity contribution is 9.10. The third-order valence-corrected chi connectivity index (χ3v) is 4.96. The van der Waals surface area contributed by atoms with E-state index in [1.54, 1.807) is 18.5 Å². The van der Waals surface area contributed by atoms with Crippen molar-refractivity contribution in [1.82, 2.24) is 4.98 Å². The van der Waals surface area contributed by atoms with Gasteiger partial charge in [-0.1, -0.05) is 15.9 Å². The molecule has 1 aromatic carbocycles. The topological polar surface area (TPSA) is 102 Å². The van der Waals surface area contributed by atoms with Crippen LogP contribution in [-0.4, -0.2) is 19.3 Å². The third-order valence-electron chi connectivity index (χ3n) is 3.28. The Balaban J connectivity index is 2.06. The van der Waals surface area contributed by atoms with Gasteiger partial charge >= 0.3 is 0 Å². The number of primary sulfonamides is 1. The van der Waals surface area contributed by atoms with Crippen LogP contribution in [-0.2, 0) is 21.2 Å². The maximum Gasteiger partial charge on any atom is 0.238 e. The van der Waals surface area contributed by atoms with E-state index in [1.807, 2.05) is 13.0 Å². The van der Waals surface area contributed by atoms with Gasteiger partial charge in [0, 0.05) is 17.1 Å². The molecule has 0 fully saturated rings. The summed E-state index contributed by atoms with van der Waals surface area (Å²) < 4.78 is 23.5. The molecule has 0 saturated heterocycles. The Morgan fingerprint density at radius 1 is 1.35 bits per heavy atom. The largest absolute Gasteiger partial charge is 0.325 e. The van der Waals surface area contributed by atoms with Gasteiger partial charge in [-0.15, -0.1) is 0 Å². The lowest BCUT2D eigenvalue weighted by molar-refractivity contribution is -0.116. The molecule has 0 radical (unpaired) electrons. The molecule has 0 bridgehead atoms. The second kappa shape index (κ2) is 7.20. The van der Waals surface area contributed by atoms with E-state index in [0.29, 0.717) is 17.7 Å². The normalized spacial score (nSPS) is 11.3. The first-order valence-corrected chi connectivity index (χ1v) is 9.13. The van der Waals surface area contributed by atoms with Crippen molar-refractivity contribution < 1.29 is 13.2 Å². The number of rotatable bonds is 5. The predicted molar refractivity (Wildman–Crippen MR) is 91.4 cm³/mol. The number of aromatic nitrogens is 1. The van der Waals surface area contributed by atoms with Gasteiger partial charge in [-0.3, -0.25) is 9.78 Å². The summed E-state index contributed by atoms with van der Waals surface area (Å²) in [6.45, 7) is 1.88. The van der Waals surface area contributed by atoms with Crippen molar-refractivity contribution in [2.45, 2.75) is 24.7 Å². The SMILES string of the molecule is Cc1ccncc1NC(=O)CCc1cc(S(N)(=O)=O)ccc1Br. The molecule has 1 amide bonds. The van der Waals surface area contributed by atoms with Crippen LogP contribution >= 0.6 is 15.9 Å². The molecule has 0 spiro atoms. The molecule has 1 heterocycles. The molecular weight excluding hydrogens is 382 g/mol. The summed E-state index contributed by atoms with van der Waals surface area (Å²) in [5.74, 6) is -0.172. The third kappa shape index (κ3) is 4.85. The number of anilines is 1. The van der Waals surface area contributed by atoms with Gasteiger partial charge < -0.3 is 5.32 Å². The molecule has 8 heteroatoms. The van der Waals surface area contributed by atoms with Crippen molar-refractivity contribution in [3.8, 4) is 0 Å². The van der Waals surface area contributed by atoms with Crippen LogP contribution in [0.5, 0.6) is 0 Å². The molecule has 0 saturated carbocycles. The number of hydrogen-bond donors (Lipinski definition) is 2. The Kier molecular flexibility index (Phi) is 5.51. The maximum absolute atomic E-state index is 12.0. The van der Waals surface area contributed by atoms with E-state index < -0.39 is 10.0 Å². The molecular formula is C15H16BrN3O3S. The summed E-state index contributed by atoms with van der Waals surface area (Å²) in [7, 11) is -3.76. The van der Waals surface area contributed by atoms with Gasteiger partial charge in [-0.05, 0) is 48.7 Å². The molecule has 0 atom stereocenters. The van der Waals surface area contributed by atoms with Gasteiger partial charge in [0.05, 0.1) is 16.8 Å². The Bertz CT molecular complexity index is 838. The lowest BCUT2D eigenvalue weighted by atomic mass is 10.1. The number of pyridine rings is 1. The van der Waals surface area contributed by atoms with E-state index >= 15 is 0 Å². The van der Waals surface area contributed by atoms with Crippen molar-refractivity contribution in [3.63, 3.8) is 0 Å². The quantitative estimate of drug-likeness (QED) is 0.807. The number of benzene rings is 1. The van der Waals surface area contributed by atoms with Crippen LogP contribution in [0.15, 0.2) is 46.0 Å². The van der Waals surface area contributed by atoms with Crippen LogP contribution in [0.25, 0.3) is 0 Å². The minimum atomic E-state index is -3.76. The van der Waals surface area contributed by atoms with Crippen molar-refractivity contribution in [2.75, 3.05) is 5.32 Å². The number of nitrogens with two attached hydrogens (primary N) is 1. The average molecular weight is 398 g/mol. The first kappa shape index (κ1) is 17.6. The molecule has 1 aromatic heterocycles. The zero-order chi connectivity index (χ0) is 17.0. The number of aryl methyl sites for hydroxylation is 2. The predicted octanol–water partition coefficient (Wildman–Crippen LogP) is 2.37. The Morgan fingerprint density at radius 3 is 2.74 bits per heavy atom. The maximum atomic E-state index is 12.0. The zero-order valence-corrected chi connectivity index (χ0v) is 14.8. The molecule has 0 aliphatic rings. The molecule has 23 heavy (non-hydrogen) atoms. The smallest absolute Gasteiger partial charge is 0.238 e. The number of amides is 1. The number of nitrogens with one attached hydrogen (secondary N) is 1. The fraction of sp³-hybridized carbons (Fsp3) is 0.200. The molecule has 2 aromatic rings. The van der Waals surface area contributed by atoms with Crippen LogP contribution in [0, 0.1) is 6.92 Å². The summed E-state index contributed by atoms with van der Waals surface area (Å²) >= 11 is 3.35. The first-order chi connectivity index (χ1) is 10.8.